The van der Waals surface area contributed by atoms with E-state index in [0.29, 0.717) is 11.5 Å². The molecule has 6 heteroatoms. The monoisotopic (exact) mass is 312 g/mol. The van der Waals surface area contributed by atoms with Gasteiger partial charge in [0.1, 0.15) is 0 Å². The Morgan fingerprint density at radius 2 is 2.04 bits per heavy atom. The highest BCUT2D eigenvalue weighted by molar-refractivity contribution is 6.42. The van der Waals surface area contributed by atoms with Gasteiger partial charge in [-0.05, 0) is 30.4 Å². The van der Waals surface area contributed by atoms with Gasteiger partial charge >= 0.3 is 5.91 Å². The number of benzene rings is 1. The summed E-state index contributed by atoms with van der Waals surface area (Å²) in [5.74, 6) is -0.555. The lowest BCUT2D eigenvalue weighted by Crippen LogP contribution is -2.49. The first kappa shape index (κ1) is 15.4. The van der Waals surface area contributed by atoms with Crippen molar-refractivity contribution < 1.29 is 9.59 Å². The van der Waals surface area contributed by atoms with Crippen molar-refractivity contribution in [2.45, 2.75) is 19.8 Å². The van der Waals surface area contributed by atoms with Gasteiger partial charge < -0.3 is 0 Å². The highest BCUT2D eigenvalue weighted by Gasteiger charge is 2.22. The number of hydrazine groups is 1. The molecule has 0 bridgehead atoms. The van der Waals surface area contributed by atoms with Gasteiger partial charge in [-0.25, -0.2) is 5.01 Å². The lowest BCUT2D eigenvalue weighted by molar-refractivity contribution is -0.122. The van der Waals surface area contributed by atoms with E-state index >= 15 is 0 Å². The molecule has 2 aromatic rings. The molecule has 3 rings (SSSR count). The van der Waals surface area contributed by atoms with E-state index in [-0.39, 0.29) is 0 Å². The highest BCUT2D eigenvalue weighted by atomic mass is 16.2. The average Bonchev–Trinajstić information content (AvgIpc) is 3.09. The number of aromatic amines is 1. The molecule has 0 saturated carbocycles. The number of Topliss-reactive ketones (excluding diaryl/α,β-unsaturated/α-hetero) is 1. The van der Waals surface area contributed by atoms with E-state index in [4.69, 9.17) is 0 Å². The van der Waals surface area contributed by atoms with Crippen molar-refractivity contribution in [2.75, 3.05) is 13.1 Å². The molecule has 0 radical (unpaired) electrons. The van der Waals surface area contributed by atoms with E-state index in [1.165, 1.54) is 0 Å². The normalized spacial score (nSPS) is 18.6. The van der Waals surface area contributed by atoms with Crippen LogP contribution >= 0.6 is 0 Å². The summed E-state index contributed by atoms with van der Waals surface area (Å²) in [6.45, 7) is 3.73. The first-order valence-electron chi connectivity index (χ1n) is 7.83. The number of carbonyl (C=O) groups is 2. The molecule has 1 atom stereocenters. The summed E-state index contributed by atoms with van der Waals surface area (Å²) in [5, 5.41) is 8.60. The molecule has 2 N–H and O–H groups in total. The summed E-state index contributed by atoms with van der Waals surface area (Å²) in [5.41, 5.74) is 4.90. The number of ketones is 1. The fraction of sp³-hybridized carbons (Fsp3) is 0.353. The van der Waals surface area contributed by atoms with Crippen LogP contribution in [0.25, 0.3) is 11.3 Å². The first-order chi connectivity index (χ1) is 11.1. The van der Waals surface area contributed by atoms with E-state index in [9.17, 15) is 9.59 Å². The molecule has 0 aliphatic carbocycles. The zero-order valence-corrected chi connectivity index (χ0v) is 13.1. The Kier molecular flexibility index (Phi) is 4.52. The van der Waals surface area contributed by atoms with Crippen molar-refractivity contribution >= 4 is 11.7 Å². The van der Waals surface area contributed by atoms with Crippen LogP contribution in [0.5, 0.6) is 0 Å². The summed E-state index contributed by atoms with van der Waals surface area (Å²) in [6.07, 6.45) is 3.87. The van der Waals surface area contributed by atoms with Gasteiger partial charge in [-0.1, -0.05) is 31.2 Å². The zero-order valence-electron chi connectivity index (χ0n) is 13.1. The minimum Gasteiger partial charge on any atom is -0.283 e. The van der Waals surface area contributed by atoms with Crippen molar-refractivity contribution in [3.8, 4) is 11.3 Å². The molecule has 1 aromatic heterocycles. The fourth-order valence-corrected chi connectivity index (χ4v) is 2.83. The predicted molar refractivity (Wildman–Crippen MR) is 86.5 cm³/mol. The molecule has 0 spiro atoms. The molecule has 2 heterocycles. The van der Waals surface area contributed by atoms with Gasteiger partial charge in [0.2, 0.25) is 0 Å². The number of hydrogen-bond donors (Lipinski definition) is 2. The Labute approximate surface area is 134 Å². The van der Waals surface area contributed by atoms with E-state index in [2.05, 4.69) is 22.5 Å². The molecule has 120 valence electrons. The van der Waals surface area contributed by atoms with Gasteiger partial charge in [0, 0.05) is 24.8 Å². The first-order valence-corrected chi connectivity index (χ1v) is 7.83. The second-order valence-corrected chi connectivity index (χ2v) is 6.01. The summed E-state index contributed by atoms with van der Waals surface area (Å²) in [4.78, 5) is 24.4. The summed E-state index contributed by atoms with van der Waals surface area (Å²) >= 11 is 0. The number of nitrogens with one attached hydrogen (secondary N) is 2. The van der Waals surface area contributed by atoms with Crippen LogP contribution in [0.15, 0.2) is 36.5 Å². The van der Waals surface area contributed by atoms with Crippen molar-refractivity contribution in [1.29, 1.82) is 0 Å². The molecular weight excluding hydrogens is 292 g/mol. The van der Waals surface area contributed by atoms with Gasteiger partial charge in [0.05, 0.1) is 5.69 Å². The maximum absolute atomic E-state index is 12.2. The van der Waals surface area contributed by atoms with Gasteiger partial charge in [-0.3, -0.25) is 20.1 Å². The largest absolute Gasteiger partial charge is 0.306 e. The molecule has 1 aliphatic rings. The highest BCUT2D eigenvalue weighted by Crippen LogP contribution is 2.17. The number of carbonyl (C=O) groups excluding carboxylic acids is 2. The molecular formula is C17H20N4O2. The number of H-pyrrole nitrogens is 1. The van der Waals surface area contributed by atoms with Crippen molar-refractivity contribution in [1.82, 2.24) is 20.6 Å². The summed E-state index contributed by atoms with van der Waals surface area (Å²) in [6, 6.07) is 8.78. The van der Waals surface area contributed by atoms with Crippen LogP contribution in [0.4, 0.5) is 0 Å². The number of rotatable bonds is 4. The Balaban J connectivity index is 1.64. The lowest BCUT2D eigenvalue weighted by atomic mass is 10.0. The van der Waals surface area contributed by atoms with Crippen molar-refractivity contribution in [2.24, 2.45) is 5.92 Å². The quantitative estimate of drug-likeness (QED) is 0.669. The Morgan fingerprint density at radius 1 is 1.26 bits per heavy atom. The standard InChI is InChI=1S/C17H20N4O2/c1-12-3-2-10-21(11-12)20-17(23)16(22)14-6-4-13(5-7-14)15-8-9-18-19-15/h4-9,12H,2-3,10-11H2,1H3,(H,18,19)(H,20,23)/t12-/m0/s1. The third-order valence-electron chi connectivity index (χ3n) is 4.08. The van der Waals surface area contributed by atoms with Crippen LogP contribution in [-0.4, -0.2) is 40.0 Å². The van der Waals surface area contributed by atoms with E-state index in [0.717, 1.165) is 37.2 Å². The van der Waals surface area contributed by atoms with Gasteiger partial charge in [0.15, 0.2) is 0 Å². The number of hydrogen-bond acceptors (Lipinski definition) is 4. The second-order valence-electron chi connectivity index (χ2n) is 6.01. The molecule has 1 aromatic carbocycles. The van der Waals surface area contributed by atoms with Crippen LogP contribution in [0.1, 0.15) is 30.1 Å². The molecule has 1 fully saturated rings. The number of aromatic nitrogens is 2. The maximum Gasteiger partial charge on any atom is 0.306 e. The minimum absolute atomic E-state index is 0.385. The predicted octanol–water partition coefficient (Wildman–Crippen LogP) is 2.02. The third kappa shape index (κ3) is 3.65. The minimum atomic E-state index is -0.576. The van der Waals surface area contributed by atoms with Gasteiger partial charge in [-0.2, -0.15) is 5.10 Å². The smallest absolute Gasteiger partial charge is 0.283 e. The zero-order chi connectivity index (χ0) is 16.2. The Hall–Kier alpha value is -2.47. The SMILES string of the molecule is C[C@H]1CCCN(NC(=O)C(=O)c2ccc(-c3ccn[nH]3)cc2)C1. The van der Waals surface area contributed by atoms with Crippen LogP contribution in [0.2, 0.25) is 0 Å². The Morgan fingerprint density at radius 3 is 2.70 bits per heavy atom. The number of piperidine rings is 1. The van der Waals surface area contributed by atoms with Gasteiger partial charge in [0.25, 0.3) is 5.78 Å². The molecule has 0 unspecified atom stereocenters. The number of amides is 1. The molecule has 1 aliphatic heterocycles. The Bertz CT molecular complexity index is 679. The van der Waals surface area contributed by atoms with Gasteiger partial charge in [-0.15, -0.1) is 0 Å². The molecule has 23 heavy (non-hydrogen) atoms. The van der Waals surface area contributed by atoms with E-state index in [1.807, 2.05) is 11.1 Å². The third-order valence-corrected chi connectivity index (χ3v) is 4.08. The van der Waals surface area contributed by atoms with E-state index in [1.54, 1.807) is 30.5 Å². The second kappa shape index (κ2) is 6.75. The van der Waals surface area contributed by atoms with E-state index < -0.39 is 11.7 Å². The lowest BCUT2D eigenvalue weighted by Gasteiger charge is -2.30. The molecule has 1 saturated heterocycles. The molecule has 1 amide bonds. The fourth-order valence-electron chi connectivity index (χ4n) is 2.83. The molecule has 6 nitrogen and oxygen atoms in total. The summed E-state index contributed by atoms with van der Waals surface area (Å²) < 4.78 is 0. The average molecular weight is 312 g/mol. The van der Waals surface area contributed by atoms with Crippen LogP contribution in [0.3, 0.4) is 0 Å². The topological polar surface area (TPSA) is 78.1 Å². The van der Waals surface area contributed by atoms with Crippen molar-refractivity contribution in [3.63, 3.8) is 0 Å². The van der Waals surface area contributed by atoms with Crippen molar-refractivity contribution in [3.05, 3.63) is 42.1 Å². The van der Waals surface area contributed by atoms with Crippen LogP contribution in [0, 0.1) is 5.92 Å². The number of nitrogens with zero attached hydrogens (tertiary/aromatic N) is 2. The summed E-state index contributed by atoms with van der Waals surface area (Å²) in [7, 11) is 0. The van der Waals surface area contributed by atoms with Crippen LogP contribution < -0.4 is 5.43 Å². The maximum atomic E-state index is 12.2. The van der Waals surface area contributed by atoms with Crippen LogP contribution in [-0.2, 0) is 4.79 Å².